The number of carbonyl (C=O) groups excluding carboxylic acids is 1. The first-order valence-corrected chi connectivity index (χ1v) is 8.30. The fourth-order valence-corrected chi connectivity index (χ4v) is 3.79. The minimum Gasteiger partial charge on any atom is -0.486 e. The number of ether oxygens (including phenoxy) is 2. The minimum absolute atomic E-state index is 0.291. The number of rotatable bonds is 3. The zero-order valence-corrected chi connectivity index (χ0v) is 14.2. The summed E-state index contributed by atoms with van der Waals surface area (Å²) in [7, 11) is 0. The molecule has 4 nitrogen and oxygen atoms in total. The Bertz CT molecular complexity index is 732. The molecular weight excluding hydrogens is 369 g/mol. The molecule has 0 fully saturated rings. The number of benzene rings is 1. The topological polar surface area (TPSA) is 47.6 Å². The molecule has 1 amide bonds. The molecule has 0 saturated heterocycles. The lowest BCUT2D eigenvalue weighted by Crippen LogP contribution is -2.23. The quantitative estimate of drug-likeness (QED) is 0.860. The number of hydrogen-bond acceptors (Lipinski definition) is 4. The molecule has 0 radical (unpaired) electrons. The van der Waals surface area contributed by atoms with Crippen LogP contribution in [0.15, 0.2) is 18.2 Å². The molecule has 1 aliphatic rings. The highest BCUT2D eigenvalue weighted by molar-refractivity contribution is 7.20. The van der Waals surface area contributed by atoms with Gasteiger partial charge in [-0.2, -0.15) is 0 Å². The number of amides is 1. The summed E-state index contributed by atoms with van der Waals surface area (Å²) >= 11 is 19.1. The lowest BCUT2D eigenvalue weighted by atomic mass is 10.2. The number of hydrogen-bond donors (Lipinski definition) is 1. The van der Waals surface area contributed by atoms with Crippen molar-refractivity contribution in [2.45, 2.75) is 6.54 Å². The normalized spacial score (nSPS) is 13.0. The van der Waals surface area contributed by atoms with Crippen molar-refractivity contribution in [3.8, 4) is 11.5 Å². The van der Waals surface area contributed by atoms with E-state index < -0.39 is 0 Å². The summed E-state index contributed by atoms with van der Waals surface area (Å²) < 4.78 is 11.8. The van der Waals surface area contributed by atoms with Crippen LogP contribution in [0.2, 0.25) is 13.7 Å². The van der Waals surface area contributed by atoms with Gasteiger partial charge >= 0.3 is 0 Å². The summed E-state index contributed by atoms with van der Waals surface area (Å²) in [5.74, 6) is 0.828. The van der Waals surface area contributed by atoms with Gasteiger partial charge in [-0.3, -0.25) is 4.79 Å². The zero-order chi connectivity index (χ0) is 15.7. The van der Waals surface area contributed by atoms with Crippen molar-refractivity contribution < 1.29 is 14.3 Å². The smallest absolute Gasteiger partial charge is 0.253 e. The van der Waals surface area contributed by atoms with Gasteiger partial charge in [-0.05, 0) is 23.8 Å². The second-order valence-corrected chi connectivity index (χ2v) is 7.22. The molecule has 8 heteroatoms. The van der Waals surface area contributed by atoms with Crippen molar-refractivity contribution >= 4 is 52.0 Å². The summed E-state index contributed by atoms with van der Waals surface area (Å²) in [6.07, 6.45) is 0. The van der Waals surface area contributed by atoms with E-state index in [2.05, 4.69) is 5.32 Å². The van der Waals surface area contributed by atoms with Gasteiger partial charge in [-0.25, -0.2) is 0 Å². The molecule has 0 unspecified atom stereocenters. The highest BCUT2D eigenvalue weighted by Gasteiger charge is 2.18. The predicted octanol–water partition coefficient (Wildman–Crippen LogP) is 4.41. The van der Waals surface area contributed by atoms with E-state index in [0.717, 1.165) is 16.9 Å². The Morgan fingerprint density at radius 2 is 1.95 bits per heavy atom. The molecule has 0 saturated carbocycles. The van der Waals surface area contributed by atoms with Gasteiger partial charge in [0.2, 0.25) is 0 Å². The Morgan fingerprint density at radius 1 is 1.18 bits per heavy atom. The van der Waals surface area contributed by atoms with Crippen LogP contribution >= 0.6 is 46.1 Å². The van der Waals surface area contributed by atoms with Gasteiger partial charge in [0.1, 0.15) is 17.6 Å². The second kappa shape index (κ2) is 6.54. The largest absolute Gasteiger partial charge is 0.486 e. The first-order valence-electron chi connectivity index (χ1n) is 6.35. The van der Waals surface area contributed by atoms with Gasteiger partial charge in [0.25, 0.3) is 5.91 Å². The van der Waals surface area contributed by atoms with Gasteiger partial charge in [0.05, 0.1) is 14.9 Å². The minimum atomic E-state index is -0.292. The molecular formula is C14H10Cl3NO3S. The van der Waals surface area contributed by atoms with Crippen molar-refractivity contribution in [2.24, 2.45) is 0 Å². The number of fused-ring (bicyclic) bond motifs is 1. The summed E-state index contributed by atoms with van der Waals surface area (Å²) in [6, 6.07) is 5.07. The van der Waals surface area contributed by atoms with E-state index in [-0.39, 0.29) is 5.91 Å². The molecule has 1 aliphatic heterocycles. The average molecular weight is 379 g/mol. The average Bonchev–Trinajstić information content (AvgIpc) is 2.84. The van der Waals surface area contributed by atoms with Crippen LogP contribution < -0.4 is 14.8 Å². The highest BCUT2D eigenvalue weighted by Crippen LogP contribution is 2.38. The number of halogens is 3. The Kier molecular flexibility index (Phi) is 4.68. The van der Waals surface area contributed by atoms with Crippen molar-refractivity contribution in [1.82, 2.24) is 5.32 Å². The van der Waals surface area contributed by atoms with Crippen LogP contribution in [0.4, 0.5) is 0 Å². The standard InChI is InChI=1S/C14H10Cl3NO3S/c15-9-3-7(4-10-12(9)21-2-1-20-10)6-18-14(19)8-5-11(16)22-13(8)17/h3-5H,1-2,6H2,(H,18,19). The Morgan fingerprint density at radius 3 is 2.68 bits per heavy atom. The molecule has 2 heterocycles. The van der Waals surface area contributed by atoms with Crippen molar-refractivity contribution in [1.29, 1.82) is 0 Å². The third-order valence-corrected chi connectivity index (χ3v) is 4.78. The molecule has 1 aromatic carbocycles. The molecule has 0 atom stereocenters. The van der Waals surface area contributed by atoms with E-state index >= 15 is 0 Å². The highest BCUT2D eigenvalue weighted by atomic mass is 35.5. The number of thiophene rings is 1. The van der Waals surface area contributed by atoms with Gasteiger partial charge in [0.15, 0.2) is 11.5 Å². The fourth-order valence-electron chi connectivity index (χ4n) is 2.04. The predicted molar refractivity (Wildman–Crippen MR) is 88.0 cm³/mol. The molecule has 3 rings (SSSR count). The third-order valence-electron chi connectivity index (χ3n) is 3.01. The monoisotopic (exact) mass is 377 g/mol. The van der Waals surface area contributed by atoms with Crippen LogP contribution in [0.3, 0.4) is 0 Å². The van der Waals surface area contributed by atoms with Gasteiger partial charge in [-0.15, -0.1) is 11.3 Å². The maximum Gasteiger partial charge on any atom is 0.253 e. The molecule has 22 heavy (non-hydrogen) atoms. The van der Waals surface area contributed by atoms with Crippen LogP contribution in [-0.2, 0) is 6.54 Å². The molecule has 0 bridgehead atoms. The summed E-state index contributed by atoms with van der Waals surface area (Å²) in [5, 5.41) is 3.23. The summed E-state index contributed by atoms with van der Waals surface area (Å²) in [4.78, 5) is 12.1. The molecule has 1 N–H and O–H groups in total. The maximum absolute atomic E-state index is 12.1. The maximum atomic E-state index is 12.1. The summed E-state index contributed by atoms with van der Waals surface area (Å²) in [5.41, 5.74) is 1.17. The van der Waals surface area contributed by atoms with Gasteiger partial charge in [0, 0.05) is 6.54 Å². The zero-order valence-electron chi connectivity index (χ0n) is 11.1. The Hall–Kier alpha value is -1.14. The second-order valence-electron chi connectivity index (χ2n) is 4.52. The van der Waals surface area contributed by atoms with Crippen LogP contribution in [-0.4, -0.2) is 19.1 Å². The van der Waals surface area contributed by atoms with Gasteiger partial charge in [-0.1, -0.05) is 34.8 Å². The molecule has 1 aromatic heterocycles. The number of carbonyl (C=O) groups is 1. The molecule has 116 valence electrons. The lowest BCUT2D eigenvalue weighted by molar-refractivity contribution is 0.0951. The molecule has 2 aromatic rings. The van der Waals surface area contributed by atoms with Crippen molar-refractivity contribution in [2.75, 3.05) is 13.2 Å². The Labute approximate surface area is 145 Å². The molecule has 0 aliphatic carbocycles. The lowest BCUT2D eigenvalue weighted by Gasteiger charge is -2.20. The number of nitrogens with one attached hydrogen (secondary N) is 1. The van der Waals surface area contributed by atoms with E-state index in [1.807, 2.05) is 0 Å². The van der Waals surface area contributed by atoms with E-state index in [0.29, 0.717) is 50.5 Å². The third kappa shape index (κ3) is 3.27. The van der Waals surface area contributed by atoms with E-state index in [4.69, 9.17) is 44.3 Å². The van der Waals surface area contributed by atoms with Crippen molar-refractivity contribution in [3.05, 3.63) is 43.0 Å². The van der Waals surface area contributed by atoms with Crippen molar-refractivity contribution in [3.63, 3.8) is 0 Å². The van der Waals surface area contributed by atoms with Gasteiger partial charge < -0.3 is 14.8 Å². The van der Waals surface area contributed by atoms with Crippen LogP contribution in [0.25, 0.3) is 0 Å². The molecule has 0 spiro atoms. The first kappa shape index (κ1) is 15.7. The van der Waals surface area contributed by atoms with Crippen LogP contribution in [0.5, 0.6) is 11.5 Å². The SMILES string of the molecule is O=C(NCc1cc(Cl)c2c(c1)OCCO2)c1cc(Cl)sc1Cl. The van der Waals surface area contributed by atoms with E-state index in [9.17, 15) is 4.79 Å². The Balaban J connectivity index is 1.73. The fraction of sp³-hybridized carbons (Fsp3) is 0.214. The van der Waals surface area contributed by atoms with E-state index in [1.165, 1.54) is 0 Å². The first-order chi connectivity index (χ1) is 10.5. The van der Waals surface area contributed by atoms with E-state index in [1.54, 1.807) is 18.2 Å². The van der Waals surface area contributed by atoms with Crippen LogP contribution in [0.1, 0.15) is 15.9 Å². The summed E-state index contributed by atoms with van der Waals surface area (Å²) in [6.45, 7) is 1.24. The van der Waals surface area contributed by atoms with Crippen LogP contribution in [0, 0.1) is 0 Å².